The molecular formula is C19H18F2N2O4. The smallest absolute Gasteiger partial charge is 0.273 e. The average Bonchev–Trinajstić information content (AvgIpc) is 2.65. The number of benzene rings is 2. The third-order valence-corrected chi connectivity index (χ3v) is 4.52. The summed E-state index contributed by atoms with van der Waals surface area (Å²) in [5.41, 5.74) is 0.315. The molecule has 1 heterocycles. The number of nitro groups is 1. The molecule has 8 heteroatoms. The van der Waals surface area contributed by atoms with E-state index in [9.17, 15) is 23.7 Å². The molecule has 1 aliphatic rings. The van der Waals surface area contributed by atoms with Crippen LogP contribution in [0.1, 0.15) is 18.4 Å². The van der Waals surface area contributed by atoms with Crippen LogP contribution in [0.2, 0.25) is 0 Å². The minimum atomic E-state index is -0.968. The summed E-state index contributed by atoms with van der Waals surface area (Å²) < 4.78 is 31.9. The third-order valence-electron chi connectivity index (χ3n) is 4.52. The zero-order chi connectivity index (χ0) is 19.4. The van der Waals surface area contributed by atoms with Gasteiger partial charge in [0.25, 0.3) is 5.69 Å². The number of halogens is 2. The molecule has 0 aromatic heterocycles. The number of hydrogen-bond acceptors (Lipinski definition) is 4. The van der Waals surface area contributed by atoms with Crippen LogP contribution in [-0.2, 0) is 11.2 Å². The molecule has 3 rings (SSSR count). The Bertz CT molecular complexity index is 851. The summed E-state index contributed by atoms with van der Waals surface area (Å²) in [6.07, 6.45) is 0.847. The minimum Gasteiger partial charge on any atom is -0.490 e. The Morgan fingerprint density at radius 1 is 1.15 bits per heavy atom. The lowest BCUT2D eigenvalue weighted by Crippen LogP contribution is -2.42. The number of piperidine rings is 1. The largest absolute Gasteiger partial charge is 0.490 e. The molecule has 2 aromatic carbocycles. The van der Waals surface area contributed by atoms with Crippen molar-refractivity contribution in [3.05, 3.63) is 69.8 Å². The van der Waals surface area contributed by atoms with Crippen molar-refractivity contribution in [2.24, 2.45) is 0 Å². The zero-order valence-corrected chi connectivity index (χ0v) is 14.4. The van der Waals surface area contributed by atoms with Gasteiger partial charge < -0.3 is 9.64 Å². The van der Waals surface area contributed by atoms with Crippen LogP contribution in [0.4, 0.5) is 14.5 Å². The number of para-hydroxylation sites is 1. The summed E-state index contributed by atoms with van der Waals surface area (Å²) >= 11 is 0. The first kappa shape index (κ1) is 18.8. The predicted octanol–water partition coefficient (Wildman–Crippen LogP) is 3.49. The highest BCUT2D eigenvalue weighted by molar-refractivity contribution is 5.80. The molecule has 0 bridgehead atoms. The number of carbonyl (C=O) groups excluding carboxylic acids is 1. The fourth-order valence-electron chi connectivity index (χ4n) is 3.08. The quantitative estimate of drug-likeness (QED) is 0.592. The van der Waals surface area contributed by atoms with Crippen molar-refractivity contribution in [3.8, 4) is 5.75 Å². The zero-order valence-electron chi connectivity index (χ0n) is 14.4. The van der Waals surface area contributed by atoms with Gasteiger partial charge >= 0.3 is 0 Å². The molecule has 0 saturated carbocycles. The van der Waals surface area contributed by atoms with Crippen LogP contribution in [0, 0.1) is 21.7 Å². The Balaban J connectivity index is 1.55. The van der Waals surface area contributed by atoms with Crippen molar-refractivity contribution in [1.82, 2.24) is 4.90 Å². The van der Waals surface area contributed by atoms with E-state index in [1.807, 2.05) is 0 Å². The Kier molecular flexibility index (Phi) is 5.63. The number of nitro benzene ring substituents is 1. The second-order valence-electron chi connectivity index (χ2n) is 6.34. The second kappa shape index (κ2) is 8.11. The SMILES string of the molecule is O=C(Cc1ccccc1[N+](=O)[O-])N1CCC(Oc2ccc(F)c(F)c2)CC1. The molecule has 0 atom stereocenters. The normalized spacial score (nSPS) is 14.8. The molecule has 0 aliphatic carbocycles. The Hall–Kier alpha value is -3.03. The van der Waals surface area contributed by atoms with Crippen molar-refractivity contribution in [1.29, 1.82) is 0 Å². The van der Waals surface area contributed by atoms with E-state index in [2.05, 4.69) is 0 Å². The number of rotatable bonds is 5. The van der Waals surface area contributed by atoms with Crippen LogP contribution < -0.4 is 4.74 Å². The molecule has 142 valence electrons. The molecule has 6 nitrogen and oxygen atoms in total. The van der Waals surface area contributed by atoms with Gasteiger partial charge in [-0.1, -0.05) is 18.2 Å². The molecule has 1 amide bonds. The van der Waals surface area contributed by atoms with E-state index in [0.29, 0.717) is 31.5 Å². The molecule has 27 heavy (non-hydrogen) atoms. The second-order valence-corrected chi connectivity index (χ2v) is 6.34. The molecule has 1 saturated heterocycles. The van der Waals surface area contributed by atoms with Gasteiger partial charge in [0.05, 0.1) is 11.3 Å². The standard InChI is InChI=1S/C19H18F2N2O4/c20-16-6-5-15(12-17(16)21)27-14-7-9-22(10-8-14)19(24)11-13-3-1-2-4-18(13)23(25)26/h1-6,12,14H,7-11H2. The van der Waals surface area contributed by atoms with Crippen molar-refractivity contribution >= 4 is 11.6 Å². The lowest BCUT2D eigenvalue weighted by Gasteiger charge is -2.32. The predicted molar refractivity (Wildman–Crippen MR) is 93.4 cm³/mol. The van der Waals surface area contributed by atoms with Gasteiger partial charge in [0, 0.05) is 43.6 Å². The van der Waals surface area contributed by atoms with Gasteiger partial charge in [-0.3, -0.25) is 14.9 Å². The first-order valence-corrected chi connectivity index (χ1v) is 8.56. The van der Waals surface area contributed by atoms with Gasteiger partial charge in [-0.2, -0.15) is 0 Å². The van der Waals surface area contributed by atoms with Crippen molar-refractivity contribution in [2.45, 2.75) is 25.4 Å². The van der Waals surface area contributed by atoms with E-state index >= 15 is 0 Å². The van der Waals surface area contributed by atoms with Gasteiger partial charge in [-0.15, -0.1) is 0 Å². The van der Waals surface area contributed by atoms with Crippen LogP contribution in [0.3, 0.4) is 0 Å². The van der Waals surface area contributed by atoms with E-state index in [0.717, 1.165) is 12.1 Å². The number of hydrogen-bond donors (Lipinski definition) is 0. The van der Waals surface area contributed by atoms with Gasteiger partial charge in [-0.05, 0) is 12.1 Å². The van der Waals surface area contributed by atoms with Gasteiger partial charge in [0.1, 0.15) is 11.9 Å². The topological polar surface area (TPSA) is 72.7 Å². The highest BCUT2D eigenvalue weighted by Crippen LogP contribution is 2.23. The number of amides is 1. The van der Waals surface area contributed by atoms with E-state index < -0.39 is 16.6 Å². The fraction of sp³-hybridized carbons (Fsp3) is 0.316. The van der Waals surface area contributed by atoms with E-state index in [-0.39, 0.29) is 29.9 Å². The van der Waals surface area contributed by atoms with Crippen LogP contribution in [0.25, 0.3) is 0 Å². The molecular weight excluding hydrogens is 358 g/mol. The van der Waals surface area contributed by atoms with E-state index in [4.69, 9.17) is 4.74 Å². The van der Waals surface area contributed by atoms with Gasteiger partial charge in [0.15, 0.2) is 11.6 Å². The fourth-order valence-corrected chi connectivity index (χ4v) is 3.08. The maximum absolute atomic E-state index is 13.2. The number of carbonyl (C=O) groups is 1. The average molecular weight is 376 g/mol. The molecule has 0 N–H and O–H groups in total. The molecule has 1 fully saturated rings. The molecule has 1 aliphatic heterocycles. The summed E-state index contributed by atoms with van der Waals surface area (Å²) in [4.78, 5) is 24.7. The first-order valence-electron chi connectivity index (χ1n) is 8.56. The summed E-state index contributed by atoms with van der Waals surface area (Å²) in [6, 6.07) is 9.56. The van der Waals surface area contributed by atoms with Crippen molar-refractivity contribution in [2.75, 3.05) is 13.1 Å². The van der Waals surface area contributed by atoms with Crippen LogP contribution in [-0.4, -0.2) is 34.9 Å². The maximum atomic E-state index is 13.2. The number of nitrogens with zero attached hydrogens (tertiary/aromatic N) is 2. The van der Waals surface area contributed by atoms with E-state index in [1.165, 1.54) is 12.1 Å². The Labute approximate surface area is 154 Å². The summed E-state index contributed by atoms with van der Waals surface area (Å²) in [5.74, 6) is -1.84. The lowest BCUT2D eigenvalue weighted by atomic mass is 10.0. The van der Waals surface area contributed by atoms with Gasteiger partial charge in [0.2, 0.25) is 5.91 Å². The summed E-state index contributed by atoms with van der Waals surface area (Å²) in [7, 11) is 0. The maximum Gasteiger partial charge on any atom is 0.273 e. The van der Waals surface area contributed by atoms with E-state index in [1.54, 1.807) is 23.1 Å². The number of ether oxygens (including phenoxy) is 1. The van der Waals surface area contributed by atoms with Crippen LogP contribution in [0.5, 0.6) is 5.75 Å². The van der Waals surface area contributed by atoms with Crippen molar-refractivity contribution in [3.63, 3.8) is 0 Å². The summed E-state index contributed by atoms with van der Waals surface area (Å²) in [6.45, 7) is 0.877. The lowest BCUT2D eigenvalue weighted by molar-refractivity contribution is -0.385. The highest BCUT2D eigenvalue weighted by Gasteiger charge is 2.25. The monoisotopic (exact) mass is 376 g/mol. The van der Waals surface area contributed by atoms with Gasteiger partial charge in [-0.25, -0.2) is 8.78 Å². The molecule has 0 radical (unpaired) electrons. The van der Waals surface area contributed by atoms with Crippen molar-refractivity contribution < 1.29 is 23.2 Å². The van der Waals surface area contributed by atoms with Crippen LogP contribution >= 0.6 is 0 Å². The molecule has 0 spiro atoms. The minimum absolute atomic E-state index is 0.0359. The Morgan fingerprint density at radius 3 is 2.52 bits per heavy atom. The molecule has 0 unspecified atom stereocenters. The molecule has 2 aromatic rings. The van der Waals surface area contributed by atoms with Crippen LogP contribution in [0.15, 0.2) is 42.5 Å². The third kappa shape index (κ3) is 4.58. The summed E-state index contributed by atoms with van der Waals surface area (Å²) in [5, 5.41) is 11.1. The Morgan fingerprint density at radius 2 is 1.85 bits per heavy atom. The first-order chi connectivity index (χ1) is 12.9. The highest BCUT2D eigenvalue weighted by atomic mass is 19.2. The number of likely N-dealkylation sites (tertiary alicyclic amines) is 1.